The Labute approximate surface area is 238 Å². The summed E-state index contributed by atoms with van der Waals surface area (Å²) in [4.78, 5) is 32.8. The number of carbonyl (C=O) groups is 3. The molecule has 0 radical (unpaired) electrons. The maximum absolute atomic E-state index is 11.0. The SMILES string of the molecule is Cc1ccc(S(=O)O)cc1.O=C(O)c1cccc(Cl)c1Br.O=C(O)c1nnn(Cc2ccccc2)c1C(=O)O. The first-order valence-electron chi connectivity index (χ1n) is 10.7. The normalized spacial score (nSPS) is 10.8. The molecule has 1 atom stereocenters. The highest BCUT2D eigenvalue weighted by atomic mass is 79.9. The van der Waals surface area contributed by atoms with Gasteiger partial charge in [0.25, 0.3) is 0 Å². The topological polar surface area (TPSA) is 180 Å². The molecular formula is C25H21BrClN3O8S. The van der Waals surface area contributed by atoms with Gasteiger partial charge >= 0.3 is 17.9 Å². The highest BCUT2D eigenvalue weighted by Gasteiger charge is 2.24. The van der Waals surface area contributed by atoms with Crippen molar-refractivity contribution < 1.29 is 38.5 Å². The van der Waals surface area contributed by atoms with Crippen molar-refractivity contribution in [3.05, 3.63) is 110 Å². The zero-order valence-corrected chi connectivity index (χ0v) is 23.2. The number of aromatic nitrogens is 3. The Bertz CT molecular complexity index is 1480. The number of aromatic carboxylic acids is 3. The van der Waals surface area contributed by atoms with Crippen molar-refractivity contribution in [3.63, 3.8) is 0 Å². The van der Waals surface area contributed by atoms with Gasteiger partial charge in [-0.25, -0.2) is 23.3 Å². The van der Waals surface area contributed by atoms with Crippen LogP contribution in [0.1, 0.15) is 42.5 Å². The lowest BCUT2D eigenvalue weighted by atomic mass is 10.2. The highest BCUT2D eigenvalue weighted by molar-refractivity contribution is 9.10. The van der Waals surface area contributed by atoms with Crippen LogP contribution in [0.5, 0.6) is 0 Å². The Morgan fingerprint density at radius 1 is 0.897 bits per heavy atom. The molecule has 0 aliphatic carbocycles. The minimum absolute atomic E-state index is 0.156. The van der Waals surface area contributed by atoms with E-state index in [1.54, 1.807) is 48.5 Å². The molecule has 0 aliphatic heterocycles. The van der Waals surface area contributed by atoms with Crippen molar-refractivity contribution >= 4 is 56.5 Å². The molecule has 0 amide bonds. The number of hydrogen-bond acceptors (Lipinski definition) is 6. The molecule has 39 heavy (non-hydrogen) atoms. The summed E-state index contributed by atoms with van der Waals surface area (Å²) in [5.74, 6) is -3.76. The van der Waals surface area contributed by atoms with E-state index in [2.05, 4.69) is 26.2 Å². The van der Waals surface area contributed by atoms with Crippen molar-refractivity contribution in [3.8, 4) is 0 Å². The van der Waals surface area contributed by atoms with Crippen molar-refractivity contribution in [1.82, 2.24) is 15.0 Å². The third-order valence-corrected chi connectivity index (χ3v) is 6.79. The van der Waals surface area contributed by atoms with Gasteiger partial charge in [-0.2, -0.15) is 0 Å². The van der Waals surface area contributed by atoms with E-state index in [0.717, 1.165) is 15.8 Å². The van der Waals surface area contributed by atoms with Crippen LogP contribution in [0.15, 0.2) is 82.2 Å². The highest BCUT2D eigenvalue weighted by Crippen LogP contribution is 2.25. The van der Waals surface area contributed by atoms with Gasteiger partial charge in [0, 0.05) is 0 Å². The van der Waals surface area contributed by atoms with Gasteiger partial charge in [0.1, 0.15) is 0 Å². The maximum atomic E-state index is 11.0. The molecule has 0 bridgehead atoms. The van der Waals surface area contributed by atoms with Gasteiger partial charge in [-0.15, -0.1) is 5.10 Å². The van der Waals surface area contributed by atoms with Gasteiger partial charge in [-0.1, -0.05) is 70.9 Å². The molecule has 0 fully saturated rings. The molecule has 4 rings (SSSR count). The van der Waals surface area contributed by atoms with Crippen molar-refractivity contribution in [2.75, 3.05) is 0 Å². The number of hydrogen-bond donors (Lipinski definition) is 4. The van der Waals surface area contributed by atoms with Crippen molar-refractivity contribution in [2.45, 2.75) is 18.4 Å². The van der Waals surface area contributed by atoms with Crippen molar-refractivity contribution in [2.24, 2.45) is 0 Å². The summed E-state index contributed by atoms with van der Waals surface area (Å²) >= 11 is 6.88. The second kappa shape index (κ2) is 14.9. The van der Waals surface area contributed by atoms with Crippen LogP contribution in [0.4, 0.5) is 0 Å². The van der Waals surface area contributed by atoms with E-state index in [4.69, 9.17) is 31.5 Å². The van der Waals surface area contributed by atoms with E-state index in [1.807, 2.05) is 25.1 Å². The molecule has 11 nitrogen and oxygen atoms in total. The predicted octanol–water partition coefficient (Wildman–Crippen LogP) is 5.10. The van der Waals surface area contributed by atoms with Crippen LogP contribution < -0.4 is 0 Å². The van der Waals surface area contributed by atoms with E-state index in [9.17, 15) is 18.6 Å². The Morgan fingerprint density at radius 2 is 1.51 bits per heavy atom. The average molecular weight is 639 g/mol. The van der Waals surface area contributed by atoms with Gasteiger partial charge in [0.2, 0.25) is 5.69 Å². The minimum Gasteiger partial charge on any atom is -0.478 e. The first-order valence-corrected chi connectivity index (χ1v) is 13.0. The average Bonchev–Trinajstić information content (AvgIpc) is 3.31. The lowest BCUT2D eigenvalue weighted by molar-refractivity contribution is 0.0640. The first kappa shape index (κ1) is 31.3. The summed E-state index contributed by atoms with van der Waals surface area (Å²) in [6.07, 6.45) is 0. The predicted molar refractivity (Wildman–Crippen MR) is 146 cm³/mol. The van der Waals surface area contributed by atoms with E-state index < -0.39 is 40.4 Å². The first-order chi connectivity index (χ1) is 18.4. The van der Waals surface area contributed by atoms with Gasteiger partial charge in [-0.05, 0) is 52.7 Å². The molecule has 4 aromatic rings. The molecule has 1 unspecified atom stereocenters. The van der Waals surface area contributed by atoms with Gasteiger partial charge in [-0.3, -0.25) is 0 Å². The molecule has 1 aromatic heterocycles. The number of aryl methyl sites for hydroxylation is 1. The van der Waals surface area contributed by atoms with E-state index in [0.29, 0.717) is 14.4 Å². The summed E-state index contributed by atoms with van der Waals surface area (Å²) < 4.78 is 20.5. The second-order valence-corrected chi connectivity index (χ2v) is 9.68. The van der Waals surface area contributed by atoms with Gasteiger partial charge in [0.05, 0.1) is 26.5 Å². The largest absolute Gasteiger partial charge is 0.478 e. The summed E-state index contributed by atoms with van der Waals surface area (Å²) in [5, 5.41) is 33.7. The van der Waals surface area contributed by atoms with Gasteiger partial charge < -0.3 is 19.9 Å². The second-order valence-electron chi connectivity index (χ2n) is 7.51. The lowest BCUT2D eigenvalue weighted by Crippen LogP contribution is -2.14. The Morgan fingerprint density at radius 3 is 2.00 bits per heavy atom. The van der Waals surface area contributed by atoms with E-state index in [1.165, 1.54) is 6.07 Å². The van der Waals surface area contributed by atoms with E-state index >= 15 is 0 Å². The molecule has 0 saturated carbocycles. The number of carboxylic acids is 3. The smallest absolute Gasteiger partial charge is 0.359 e. The fraction of sp³-hybridized carbons (Fsp3) is 0.0800. The van der Waals surface area contributed by atoms with E-state index in [-0.39, 0.29) is 12.1 Å². The lowest BCUT2D eigenvalue weighted by Gasteiger charge is -2.03. The van der Waals surface area contributed by atoms with Gasteiger partial charge in [0.15, 0.2) is 16.8 Å². The number of halogens is 2. The van der Waals surface area contributed by atoms with Crippen LogP contribution in [-0.2, 0) is 17.6 Å². The Kier molecular flexibility index (Phi) is 11.9. The molecule has 14 heteroatoms. The van der Waals surface area contributed by atoms with Crippen molar-refractivity contribution in [1.29, 1.82) is 0 Å². The monoisotopic (exact) mass is 637 g/mol. The maximum Gasteiger partial charge on any atom is 0.359 e. The number of nitrogens with zero attached hydrogens (tertiary/aromatic N) is 3. The summed E-state index contributed by atoms with van der Waals surface area (Å²) in [5.41, 5.74) is 1.10. The zero-order valence-electron chi connectivity index (χ0n) is 20.1. The van der Waals surface area contributed by atoms with Crippen LogP contribution in [-0.4, -0.2) is 57.0 Å². The van der Waals surface area contributed by atoms with Crippen LogP contribution in [0.25, 0.3) is 0 Å². The van der Waals surface area contributed by atoms with Crippen LogP contribution in [0.2, 0.25) is 5.02 Å². The number of rotatable bonds is 6. The molecular weight excluding hydrogens is 618 g/mol. The quantitative estimate of drug-likeness (QED) is 0.208. The number of carboxylic acid groups (broad SMARTS) is 3. The fourth-order valence-corrected chi connectivity index (χ4v) is 3.84. The number of benzene rings is 3. The third kappa shape index (κ3) is 9.41. The molecule has 204 valence electrons. The van der Waals surface area contributed by atoms with Crippen LogP contribution in [0, 0.1) is 6.92 Å². The molecule has 0 aliphatic rings. The van der Waals surface area contributed by atoms with Crippen LogP contribution in [0.3, 0.4) is 0 Å². The Hall–Kier alpha value is -3.91. The molecule has 0 saturated heterocycles. The summed E-state index contributed by atoms with van der Waals surface area (Å²) in [7, 11) is 0. The standard InChI is InChI=1S/C11H9N3O4.C7H4BrClO2.C7H8O2S/c15-10(16)8-9(11(17)18)14(13-12-8)6-7-4-2-1-3-5-7;8-6-4(7(10)11)2-1-3-5(6)9;1-6-2-4-7(5-3-6)10(8)9/h1-5H,6H2,(H,15,16)(H,17,18);1-3H,(H,10,11);2-5H,1H3,(H,8,9). The van der Waals surface area contributed by atoms with Crippen LogP contribution >= 0.6 is 27.5 Å². The molecule has 0 spiro atoms. The minimum atomic E-state index is -1.84. The molecule has 3 aromatic carbocycles. The summed E-state index contributed by atoms with van der Waals surface area (Å²) in [6.45, 7) is 2.09. The Balaban J connectivity index is 0.000000219. The summed E-state index contributed by atoms with van der Waals surface area (Å²) in [6, 6.07) is 20.6. The molecule has 1 heterocycles. The molecule has 4 N–H and O–H groups in total. The zero-order chi connectivity index (χ0) is 29.1. The fourth-order valence-electron chi connectivity index (χ4n) is 2.86. The third-order valence-electron chi connectivity index (χ3n) is 4.72.